The largest absolute Gasteiger partial charge is 0.361 e. The van der Waals surface area contributed by atoms with Gasteiger partial charge in [0.05, 0.1) is 5.69 Å². The van der Waals surface area contributed by atoms with Crippen LogP contribution in [-0.4, -0.2) is 27.4 Å². The van der Waals surface area contributed by atoms with E-state index >= 15 is 0 Å². The van der Waals surface area contributed by atoms with E-state index in [1.165, 1.54) is 0 Å². The van der Waals surface area contributed by atoms with Crippen molar-refractivity contribution in [3.05, 3.63) is 36.0 Å². The molecule has 0 aliphatic carbocycles. The fraction of sp³-hybridized carbons (Fsp3) is 0.364. The van der Waals surface area contributed by atoms with Crippen molar-refractivity contribution in [1.29, 1.82) is 0 Å². The van der Waals surface area contributed by atoms with Crippen molar-refractivity contribution in [2.75, 3.05) is 6.54 Å². The molecule has 2 aromatic rings. The Hall–Kier alpha value is -2.11. The highest BCUT2D eigenvalue weighted by atomic mass is 16.5. The molecule has 0 saturated heterocycles. The van der Waals surface area contributed by atoms with Crippen LogP contribution >= 0.6 is 0 Å². The number of carbonyl (C=O) groups excluding carboxylic acids is 1. The number of hydrogen-bond donors (Lipinski definition) is 1. The van der Waals surface area contributed by atoms with Gasteiger partial charge in [0.25, 0.3) is 0 Å². The molecule has 0 saturated carbocycles. The first-order valence-electron chi connectivity index (χ1n) is 5.40. The van der Waals surface area contributed by atoms with Crippen molar-refractivity contribution in [3.63, 3.8) is 0 Å². The Morgan fingerprint density at radius 2 is 2.47 bits per heavy atom. The molecule has 0 atom stereocenters. The fourth-order valence-electron chi connectivity index (χ4n) is 1.46. The topological polar surface area (TPSA) is 73.0 Å². The van der Waals surface area contributed by atoms with Gasteiger partial charge in [-0.05, 0) is 13.0 Å². The van der Waals surface area contributed by atoms with Crippen molar-refractivity contribution < 1.29 is 9.32 Å². The van der Waals surface area contributed by atoms with Crippen molar-refractivity contribution in [2.45, 2.75) is 19.9 Å². The molecule has 1 amide bonds. The summed E-state index contributed by atoms with van der Waals surface area (Å²) in [7, 11) is 0. The molecule has 0 bridgehead atoms. The molecule has 90 valence electrons. The van der Waals surface area contributed by atoms with E-state index in [1.54, 1.807) is 23.1 Å². The Bertz CT molecular complexity index is 475. The molecule has 17 heavy (non-hydrogen) atoms. The second-order valence-corrected chi connectivity index (χ2v) is 3.74. The third-order valence-corrected chi connectivity index (χ3v) is 2.24. The number of carbonyl (C=O) groups is 1. The summed E-state index contributed by atoms with van der Waals surface area (Å²) >= 11 is 0. The number of nitrogens with zero attached hydrogens (tertiary/aromatic N) is 3. The zero-order valence-electron chi connectivity index (χ0n) is 9.59. The van der Waals surface area contributed by atoms with Crippen LogP contribution in [-0.2, 0) is 17.8 Å². The van der Waals surface area contributed by atoms with Crippen LogP contribution < -0.4 is 5.32 Å². The smallest absolute Gasteiger partial charge is 0.241 e. The van der Waals surface area contributed by atoms with Crippen LogP contribution in [0, 0.1) is 6.92 Å². The average molecular weight is 234 g/mol. The first kappa shape index (κ1) is 11.4. The van der Waals surface area contributed by atoms with Gasteiger partial charge in [-0.3, -0.25) is 9.48 Å². The molecule has 6 nitrogen and oxygen atoms in total. The van der Waals surface area contributed by atoms with Crippen molar-refractivity contribution in [1.82, 2.24) is 20.3 Å². The lowest BCUT2D eigenvalue weighted by molar-refractivity contribution is -0.121. The molecule has 0 radical (unpaired) electrons. The predicted octanol–water partition coefficient (Wildman–Crippen LogP) is 0.538. The standard InChI is InChI=1S/C11H14N4O2/c1-9-7-10(17-14-9)3-5-12-11(16)8-15-6-2-4-13-15/h2,4,6-7H,3,5,8H2,1H3,(H,12,16). The minimum absolute atomic E-state index is 0.0649. The van der Waals surface area contributed by atoms with Gasteiger partial charge >= 0.3 is 0 Å². The maximum atomic E-state index is 11.5. The number of amides is 1. The van der Waals surface area contributed by atoms with Crippen LogP contribution in [0.4, 0.5) is 0 Å². The zero-order valence-corrected chi connectivity index (χ0v) is 9.59. The Kier molecular flexibility index (Phi) is 3.54. The van der Waals surface area contributed by atoms with Gasteiger partial charge in [0, 0.05) is 31.4 Å². The fourth-order valence-corrected chi connectivity index (χ4v) is 1.46. The summed E-state index contributed by atoms with van der Waals surface area (Å²) < 4.78 is 6.61. The molecule has 2 rings (SSSR count). The summed E-state index contributed by atoms with van der Waals surface area (Å²) in [5.41, 5.74) is 0.850. The number of aromatic nitrogens is 3. The number of aryl methyl sites for hydroxylation is 1. The second-order valence-electron chi connectivity index (χ2n) is 3.74. The van der Waals surface area contributed by atoms with Gasteiger partial charge in [0.15, 0.2) is 0 Å². The van der Waals surface area contributed by atoms with Gasteiger partial charge < -0.3 is 9.84 Å². The third kappa shape index (κ3) is 3.44. The molecule has 1 N–H and O–H groups in total. The van der Waals surface area contributed by atoms with E-state index in [9.17, 15) is 4.79 Å². The van der Waals surface area contributed by atoms with Crippen LogP contribution in [0.3, 0.4) is 0 Å². The van der Waals surface area contributed by atoms with E-state index in [2.05, 4.69) is 15.6 Å². The number of hydrogen-bond acceptors (Lipinski definition) is 4. The summed E-state index contributed by atoms with van der Waals surface area (Å²) in [4.78, 5) is 11.5. The third-order valence-electron chi connectivity index (χ3n) is 2.24. The van der Waals surface area contributed by atoms with Gasteiger partial charge in [-0.1, -0.05) is 5.16 Å². The molecule has 0 aliphatic heterocycles. The van der Waals surface area contributed by atoms with E-state index in [0.29, 0.717) is 13.0 Å². The van der Waals surface area contributed by atoms with Crippen molar-refractivity contribution in [3.8, 4) is 0 Å². The molecule has 6 heteroatoms. The van der Waals surface area contributed by atoms with E-state index in [4.69, 9.17) is 4.52 Å². The van der Waals surface area contributed by atoms with Crippen LogP contribution in [0.25, 0.3) is 0 Å². The van der Waals surface area contributed by atoms with Crippen molar-refractivity contribution in [2.24, 2.45) is 0 Å². The molecule has 0 aliphatic rings. The van der Waals surface area contributed by atoms with Gasteiger partial charge in [-0.25, -0.2) is 0 Å². The van der Waals surface area contributed by atoms with Gasteiger partial charge in [0.2, 0.25) is 5.91 Å². The quantitative estimate of drug-likeness (QED) is 0.819. The average Bonchev–Trinajstić information content (AvgIpc) is 2.90. The lowest BCUT2D eigenvalue weighted by Gasteiger charge is -2.03. The molecular formula is C11H14N4O2. The van der Waals surface area contributed by atoms with Crippen molar-refractivity contribution >= 4 is 5.91 Å². The van der Waals surface area contributed by atoms with E-state index in [1.807, 2.05) is 13.0 Å². The highest BCUT2D eigenvalue weighted by molar-refractivity contribution is 5.75. The molecule has 0 spiro atoms. The van der Waals surface area contributed by atoms with Crippen LogP contribution in [0.2, 0.25) is 0 Å². The van der Waals surface area contributed by atoms with Crippen LogP contribution in [0.5, 0.6) is 0 Å². The highest BCUT2D eigenvalue weighted by Gasteiger charge is 2.04. The summed E-state index contributed by atoms with van der Waals surface area (Å²) in [6, 6.07) is 3.64. The Morgan fingerprint density at radius 1 is 1.59 bits per heavy atom. The molecule has 0 unspecified atom stereocenters. The Labute approximate surface area is 98.6 Å². The molecule has 0 aromatic carbocycles. The van der Waals surface area contributed by atoms with Gasteiger partial charge in [-0.15, -0.1) is 0 Å². The Balaban J connectivity index is 1.70. The summed E-state index contributed by atoms with van der Waals surface area (Å²) in [6.07, 6.45) is 4.04. The zero-order chi connectivity index (χ0) is 12.1. The summed E-state index contributed by atoms with van der Waals surface area (Å²) in [6.45, 7) is 2.64. The molecule has 2 heterocycles. The van der Waals surface area contributed by atoms with E-state index < -0.39 is 0 Å². The number of rotatable bonds is 5. The Morgan fingerprint density at radius 3 is 3.12 bits per heavy atom. The second kappa shape index (κ2) is 5.29. The lowest BCUT2D eigenvalue weighted by atomic mass is 10.3. The predicted molar refractivity (Wildman–Crippen MR) is 60.2 cm³/mol. The van der Waals surface area contributed by atoms with E-state index in [-0.39, 0.29) is 12.5 Å². The normalized spacial score (nSPS) is 10.4. The van der Waals surface area contributed by atoms with Gasteiger partial charge in [-0.2, -0.15) is 5.10 Å². The lowest BCUT2D eigenvalue weighted by Crippen LogP contribution is -2.29. The summed E-state index contributed by atoms with van der Waals surface area (Å²) in [5.74, 6) is 0.715. The molecule has 2 aromatic heterocycles. The first-order valence-corrected chi connectivity index (χ1v) is 5.40. The highest BCUT2D eigenvalue weighted by Crippen LogP contribution is 2.01. The molecule has 0 fully saturated rings. The minimum Gasteiger partial charge on any atom is -0.361 e. The van der Waals surface area contributed by atoms with E-state index in [0.717, 1.165) is 11.5 Å². The van der Waals surface area contributed by atoms with Crippen LogP contribution in [0.15, 0.2) is 29.0 Å². The monoisotopic (exact) mass is 234 g/mol. The van der Waals surface area contributed by atoms with Gasteiger partial charge in [0.1, 0.15) is 12.3 Å². The maximum Gasteiger partial charge on any atom is 0.241 e. The summed E-state index contributed by atoms with van der Waals surface area (Å²) in [5, 5.41) is 10.5. The van der Waals surface area contributed by atoms with Crippen LogP contribution in [0.1, 0.15) is 11.5 Å². The maximum absolute atomic E-state index is 11.5. The first-order chi connectivity index (χ1) is 8.24. The minimum atomic E-state index is -0.0649. The molecular weight excluding hydrogens is 220 g/mol. The number of nitrogens with one attached hydrogen (secondary N) is 1. The SMILES string of the molecule is Cc1cc(CCNC(=O)Cn2cccn2)on1.